The van der Waals surface area contributed by atoms with Crippen LogP contribution in [-0.2, 0) is 4.79 Å². The van der Waals surface area contributed by atoms with E-state index < -0.39 is 12.1 Å². The van der Waals surface area contributed by atoms with Crippen molar-refractivity contribution in [3.05, 3.63) is 0 Å². The highest BCUT2D eigenvalue weighted by molar-refractivity contribution is 5.61. The van der Waals surface area contributed by atoms with Gasteiger partial charge < -0.3 is 0 Å². The Bertz CT molecular complexity index is 102. The Kier molecular flexibility index (Phi) is 2.67. The van der Waals surface area contributed by atoms with Crippen LogP contribution in [-0.4, -0.2) is 18.4 Å². The molecule has 0 heterocycles. The Hall–Kier alpha value is -0.540. The Morgan fingerprint density at radius 1 is 1.67 bits per heavy atom. The number of hydrogen-bond acceptors (Lipinski definition) is 1. The fraction of sp³-hybridized carbons (Fsp3) is 0.800. The standard InChI is InChI=1S/C5H6F3O/c1-2-4(6)5(7,8)3-9/h4H,2H2,1H3. The largest absolute Gasteiger partial charge is 0.343 e. The molecular formula is C5H6F3O. The minimum atomic E-state index is -3.92. The zero-order valence-electron chi connectivity index (χ0n) is 4.83. The average Bonchev–Trinajstić information content (AvgIpc) is 1.86. The van der Waals surface area contributed by atoms with E-state index >= 15 is 0 Å². The molecule has 53 valence electrons. The highest BCUT2D eigenvalue weighted by atomic mass is 19.3. The molecule has 1 atom stereocenters. The van der Waals surface area contributed by atoms with Crippen molar-refractivity contribution in [3.63, 3.8) is 0 Å². The molecule has 0 aromatic rings. The molecule has 1 nitrogen and oxygen atoms in total. The van der Waals surface area contributed by atoms with Crippen LogP contribution in [0, 0.1) is 0 Å². The highest BCUT2D eigenvalue weighted by Crippen LogP contribution is 2.20. The van der Waals surface area contributed by atoms with Crippen LogP contribution in [0.4, 0.5) is 13.2 Å². The van der Waals surface area contributed by atoms with Crippen molar-refractivity contribution in [1.82, 2.24) is 0 Å². The molecule has 0 aliphatic heterocycles. The third kappa shape index (κ3) is 2.03. The van der Waals surface area contributed by atoms with Crippen molar-refractivity contribution >= 4 is 6.29 Å². The van der Waals surface area contributed by atoms with Crippen LogP contribution in [0.2, 0.25) is 0 Å². The third-order valence-corrected chi connectivity index (χ3v) is 0.888. The monoisotopic (exact) mass is 139 g/mol. The first-order chi connectivity index (χ1) is 4.04. The molecule has 1 radical (unpaired) electrons. The van der Waals surface area contributed by atoms with Crippen LogP contribution in [0.25, 0.3) is 0 Å². The van der Waals surface area contributed by atoms with Crippen molar-refractivity contribution in [2.45, 2.75) is 25.4 Å². The Balaban J connectivity index is 3.95. The molecule has 0 fully saturated rings. The summed E-state index contributed by atoms with van der Waals surface area (Å²) in [7, 11) is 0. The maximum Gasteiger partial charge on any atom is 0.343 e. The number of halogens is 3. The van der Waals surface area contributed by atoms with Crippen molar-refractivity contribution in [3.8, 4) is 0 Å². The molecule has 0 aliphatic carbocycles. The van der Waals surface area contributed by atoms with E-state index in [1.165, 1.54) is 6.92 Å². The van der Waals surface area contributed by atoms with Gasteiger partial charge in [0.1, 0.15) is 0 Å². The first kappa shape index (κ1) is 8.46. The summed E-state index contributed by atoms with van der Waals surface area (Å²) < 4.78 is 35.4. The molecule has 0 rings (SSSR count). The third-order valence-electron chi connectivity index (χ3n) is 0.888. The molecule has 0 aliphatic rings. The molecule has 0 aromatic carbocycles. The molecule has 0 bridgehead atoms. The van der Waals surface area contributed by atoms with E-state index in [9.17, 15) is 18.0 Å². The quantitative estimate of drug-likeness (QED) is 0.578. The Morgan fingerprint density at radius 2 is 2.11 bits per heavy atom. The van der Waals surface area contributed by atoms with E-state index in [0.29, 0.717) is 6.29 Å². The topological polar surface area (TPSA) is 17.1 Å². The zero-order valence-corrected chi connectivity index (χ0v) is 4.83. The number of carbonyl (C=O) groups excluding carboxylic acids is 1. The summed E-state index contributed by atoms with van der Waals surface area (Å²) in [6.07, 6.45) is -2.43. The van der Waals surface area contributed by atoms with E-state index in [1.807, 2.05) is 0 Å². The predicted molar refractivity (Wildman–Crippen MR) is 25.8 cm³/mol. The lowest BCUT2D eigenvalue weighted by Crippen LogP contribution is -2.30. The van der Waals surface area contributed by atoms with E-state index in [2.05, 4.69) is 0 Å². The minimum Gasteiger partial charge on any atom is -0.284 e. The normalized spacial score (nSPS) is 15.1. The molecule has 9 heavy (non-hydrogen) atoms. The second kappa shape index (κ2) is 2.85. The zero-order chi connectivity index (χ0) is 7.49. The lowest BCUT2D eigenvalue weighted by molar-refractivity contribution is -0.0112. The van der Waals surface area contributed by atoms with Crippen molar-refractivity contribution in [2.75, 3.05) is 0 Å². The van der Waals surface area contributed by atoms with E-state index in [1.54, 1.807) is 0 Å². The van der Waals surface area contributed by atoms with Gasteiger partial charge in [-0.3, -0.25) is 4.79 Å². The van der Waals surface area contributed by atoms with Crippen molar-refractivity contribution in [2.24, 2.45) is 0 Å². The molecule has 0 saturated carbocycles. The second-order valence-electron chi connectivity index (χ2n) is 1.60. The van der Waals surface area contributed by atoms with Gasteiger partial charge >= 0.3 is 5.92 Å². The molecule has 4 heteroatoms. The smallest absolute Gasteiger partial charge is 0.284 e. The van der Waals surface area contributed by atoms with Gasteiger partial charge in [-0.1, -0.05) is 6.92 Å². The first-order valence-corrected chi connectivity index (χ1v) is 2.45. The van der Waals surface area contributed by atoms with Crippen molar-refractivity contribution < 1.29 is 18.0 Å². The summed E-state index contributed by atoms with van der Waals surface area (Å²) in [5.41, 5.74) is 0. The Labute approximate surface area is 50.9 Å². The molecular weight excluding hydrogens is 133 g/mol. The fourth-order valence-electron chi connectivity index (χ4n) is 0.320. The molecule has 1 unspecified atom stereocenters. The summed E-state index contributed by atoms with van der Waals surface area (Å²) in [6, 6.07) is 0. The van der Waals surface area contributed by atoms with Gasteiger partial charge in [0.2, 0.25) is 0 Å². The van der Waals surface area contributed by atoms with Crippen molar-refractivity contribution in [1.29, 1.82) is 0 Å². The van der Waals surface area contributed by atoms with Crippen LogP contribution in [0.3, 0.4) is 0 Å². The molecule has 0 saturated heterocycles. The summed E-state index contributed by atoms with van der Waals surface area (Å²) in [5.74, 6) is -3.92. The van der Waals surface area contributed by atoms with Gasteiger partial charge in [-0.2, -0.15) is 8.78 Å². The van der Waals surface area contributed by atoms with Crippen LogP contribution < -0.4 is 0 Å². The number of alkyl halides is 3. The highest BCUT2D eigenvalue weighted by Gasteiger charge is 2.39. The van der Waals surface area contributed by atoms with E-state index in [4.69, 9.17) is 0 Å². The lowest BCUT2D eigenvalue weighted by atomic mass is 10.2. The van der Waals surface area contributed by atoms with Gasteiger partial charge in [0.05, 0.1) is 0 Å². The van der Waals surface area contributed by atoms with Crippen LogP contribution in [0.5, 0.6) is 0 Å². The average molecular weight is 139 g/mol. The number of hydrogen-bond donors (Lipinski definition) is 0. The van der Waals surface area contributed by atoms with Gasteiger partial charge in [-0.15, -0.1) is 0 Å². The summed E-state index contributed by atoms with van der Waals surface area (Å²) in [5, 5.41) is 0. The molecule has 0 aromatic heterocycles. The summed E-state index contributed by atoms with van der Waals surface area (Å²) in [6.45, 7) is 1.23. The van der Waals surface area contributed by atoms with Crippen LogP contribution in [0.1, 0.15) is 13.3 Å². The van der Waals surface area contributed by atoms with E-state index in [-0.39, 0.29) is 6.42 Å². The van der Waals surface area contributed by atoms with Gasteiger partial charge in [-0.05, 0) is 6.42 Å². The minimum absolute atomic E-state index is 0.334. The fourth-order valence-corrected chi connectivity index (χ4v) is 0.320. The molecule has 0 amide bonds. The Morgan fingerprint density at radius 3 is 2.22 bits per heavy atom. The molecule has 0 N–H and O–H groups in total. The first-order valence-electron chi connectivity index (χ1n) is 2.45. The summed E-state index contributed by atoms with van der Waals surface area (Å²) in [4.78, 5) is 9.31. The van der Waals surface area contributed by atoms with Gasteiger partial charge in [0, 0.05) is 0 Å². The SMILES string of the molecule is CCC(F)C(F)(F)[C]=O. The lowest BCUT2D eigenvalue weighted by Gasteiger charge is -2.09. The molecule has 0 spiro atoms. The summed E-state index contributed by atoms with van der Waals surface area (Å²) >= 11 is 0. The van der Waals surface area contributed by atoms with Gasteiger partial charge in [-0.25, -0.2) is 4.39 Å². The van der Waals surface area contributed by atoms with Gasteiger partial charge in [0.25, 0.3) is 6.29 Å². The maximum absolute atomic E-state index is 11.9. The van der Waals surface area contributed by atoms with Crippen LogP contribution >= 0.6 is 0 Å². The predicted octanol–water partition coefficient (Wildman–Crippen LogP) is 1.48. The second-order valence-corrected chi connectivity index (χ2v) is 1.60. The number of rotatable bonds is 3. The maximum atomic E-state index is 11.9. The van der Waals surface area contributed by atoms with E-state index in [0.717, 1.165) is 0 Å². The van der Waals surface area contributed by atoms with Gasteiger partial charge in [0.15, 0.2) is 6.17 Å². The van der Waals surface area contributed by atoms with Crippen LogP contribution in [0.15, 0.2) is 0 Å².